The van der Waals surface area contributed by atoms with Gasteiger partial charge < -0.3 is 15.0 Å². The van der Waals surface area contributed by atoms with Crippen molar-refractivity contribution in [3.8, 4) is 5.75 Å². The number of carbonyl (C=O) groups excluding carboxylic acids is 1. The Balaban J connectivity index is 1.43. The Morgan fingerprint density at radius 2 is 1.86 bits per heavy atom. The Labute approximate surface area is 136 Å². The van der Waals surface area contributed by atoms with Gasteiger partial charge in [-0.2, -0.15) is 0 Å². The molecule has 2 aliphatic rings. The van der Waals surface area contributed by atoms with Gasteiger partial charge >= 0.3 is 0 Å². The van der Waals surface area contributed by atoms with Crippen molar-refractivity contribution in [1.29, 1.82) is 0 Å². The van der Waals surface area contributed by atoms with Crippen LogP contribution in [0.2, 0.25) is 0 Å². The molecule has 1 heterocycles. The van der Waals surface area contributed by atoms with E-state index in [0.717, 1.165) is 24.3 Å². The minimum atomic E-state index is -0.196. The van der Waals surface area contributed by atoms with Crippen molar-refractivity contribution in [2.24, 2.45) is 0 Å². The summed E-state index contributed by atoms with van der Waals surface area (Å²) in [5.74, 6) is 0.641. The van der Waals surface area contributed by atoms with Crippen molar-refractivity contribution in [3.63, 3.8) is 0 Å². The number of hydrogen-bond donors (Lipinski definition) is 1. The molecule has 1 N–H and O–H groups in total. The van der Waals surface area contributed by atoms with Crippen LogP contribution in [0.1, 0.15) is 32.1 Å². The first-order valence-corrected chi connectivity index (χ1v) is 8.64. The third-order valence-corrected chi connectivity index (χ3v) is 4.78. The van der Waals surface area contributed by atoms with Crippen LogP contribution < -0.4 is 10.1 Å². The number of anilines is 1. The average Bonchev–Trinajstić information content (AvgIpc) is 2.52. The Morgan fingerprint density at radius 3 is 2.50 bits per heavy atom. The number of ether oxygens (including phenoxy) is 1. The number of benzene rings is 1. The molecule has 1 aromatic rings. The minimum Gasteiger partial charge on any atom is -0.490 e. The summed E-state index contributed by atoms with van der Waals surface area (Å²) in [7, 11) is 0. The fourth-order valence-corrected chi connectivity index (χ4v) is 3.29. The number of carbonyl (C=O) groups is 1. The molecule has 0 aromatic heterocycles. The zero-order valence-corrected chi connectivity index (χ0v) is 13.5. The minimum absolute atomic E-state index is 0.0295. The summed E-state index contributed by atoms with van der Waals surface area (Å²) in [6, 6.07) is 8.21. The third kappa shape index (κ3) is 3.93. The number of amides is 1. The number of halogens is 1. The number of alkyl halides is 1. The van der Waals surface area contributed by atoms with E-state index in [1.807, 2.05) is 24.3 Å². The van der Waals surface area contributed by atoms with Crippen LogP contribution in [0.3, 0.4) is 0 Å². The predicted molar refractivity (Wildman–Crippen MR) is 88.7 cm³/mol. The highest BCUT2D eigenvalue weighted by atomic mass is 35.5. The standard InChI is InChI=1S/C17H23ClN2O2/c18-12-17(21)19-13-4-6-15(7-5-13)22-16-10-14(11-16)20-8-2-1-3-9-20/h4-7,14,16H,1-3,8-12H2,(H,19,21). The lowest BCUT2D eigenvalue weighted by atomic mass is 9.86. The summed E-state index contributed by atoms with van der Waals surface area (Å²) >= 11 is 5.47. The second kappa shape index (κ2) is 7.34. The molecule has 1 aliphatic heterocycles. The van der Waals surface area contributed by atoms with E-state index in [9.17, 15) is 4.79 Å². The van der Waals surface area contributed by atoms with Gasteiger partial charge in [0.1, 0.15) is 17.7 Å². The molecule has 0 bridgehead atoms. The van der Waals surface area contributed by atoms with E-state index in [1.165, 1.54) is 32.4 Å². The van der Waals surface area contributed by atoms with Gasteiger partial charge in [-0.1, -0.05) is 6.42 Å². The molecular weight excluding hydrogens is 300 g/mol. The van der Waals surface area contributed by atoms with Gasteiger partial charge in [-0.25, -0.2) is 0 Å². The topological polar surface area (TPSA) is 41.6 Å². The van der Waals surface area contributed by atoms with Gasteiger partial charge in [0.05, 0.1) is 0 Å². The summed E-state index contributed by atoms with van der Waals surface area (Å²) in [6.07, 6.45) is 6.66. The lowest BCUT2D eigenvalue weighted by Crippen LogP contribution is -2.50. The smallest absolute Gasteiger partial charge is 0.239 e. The Kier molecular flexibility index (Phi) is 5.21. The average molecular weight is 323 g/mol. The number of likely N-dealkylation sites (tertiary alicyclic amines) is 1. The van der Waals surface area contributed by atoms with E-state index < -0.39 is 0 Å². The first-order chi connectivity index (χ1) is 10.7. The second-order valence-electron chi connectivity index (χ2n) is 6.17. The van der Waals surface area contributed by atoms with Gasteiger partial charge in [0, 0.05) is 24.6 Å². The van der Waals surface area contributed by atoms with Crippen LogP contribution in [0.5, 0.6) is 5.75 Å². The maximum atomic E-state index is 11.2. The monoisotopic (exact) mass is 322 g/mol. The second-order valence-corrected chi connectivity index (χ2v) is 6.44. The van der Waals surface area contributed by atoms with Gasteiger partial charge in [0.25, 0.3) is 0 Å². The van der Waals surface area contributed by atoms with Crippen LogP contribution in [0.4, 0.5) is 5.69 Å². The Bertz CT molecular complexity index is 494. The molecule has 0 radical (unpaired) electrons. The van der Waals surface area contributed by atoms with Gasteiger partial charge in [0.15, 0.2) is 0 Å². The highest BCUT2D eigenvalue weighted by Crippen LogP contribution is 2.31. The highest BCUT2D eigenvalue weighted by molar-refractivity contribution is 6.29. The maximum absolute atomic E-state index is 11.2. The van der Waals surface area contributed by atoms with Crippen LogP contribution >= 0.6 is 11.6 Å². The Morgan fingerprint density at radius 1 is 1.18 bits per heavy atom. The fraction of sp³-hybridized carbons (Fsp3) is 0.588. The SMILES string of the molecule is O=C(CCl)Nc1ccc(OC2CC(N3CCCCC3)C2)cc1. The summed E-state index contributed by atoms with van der Waals surface area (Å²) in [5, 5.41) is 2.72. The van der Waals surface area contributed by atoms with Crippen molar-refractivity contribution >= 4 is 23.2 Å². The van der Waals surface area contributed by atoms with Gasteiger partial charge in [0.2, 0.25) is 5.91 Å². The molecule has 2 fully saturated rings. The normalized spacial score (nSPS) is 25.3. The molecule has 22 heavy (non-hydrogen) atoms. The molecule has 120 valence electrons. The van der Waals surface area contributed by atoms with Crippen molar-refractivity contribution in [1.82, 2.24) is 4.90 Å². The van der Waals surface area contributed by atoms with Crippen LogP contribution in [-0.4, -0.2) is 41.9 Å². The van der Waals surface area contributed by atoms with Crippen molar-refractivity contribution in [2.75, 3.05) is 24.3 Å². The highest BCUT2D eigenvalue weighted by Gasteiger charge is 2.35. The fourth-order valence-electron chi connectivity index (χ4n) is 3.22. The molecule has 1 saturated carbocycles. The molecule has 0 unspecified atom stereocenters. The molecule has 3 rings (SSSR count). The van der Waals surface area contributed by atoms with Crippen molar-refractivity contribution in [2.45, 2.75) is 44.2 Å². The van der Waals surface area contributed by atoms with E-state index in [0.29, 0.717) is 12.1 Å². The number of piperidine rings is 1. The molecule has 1 aromatic carbocycles. The number of nitrogens with one attached hydrogen (secondary N) is 1. The lowest BCUT2D eigenvalue weighted by molar-refractivity contribution is -0.113. The lowest BCUT2D eigenvalue weighted by Gasteiger charge is -2.44. The molecule has 5 heteroatoms. The van der Waals surface area contributed by atoms with Crippen LogP contribution in [0, 0.1) is 0 Å². The van der Waals surface area contributed by atoms with Gasteiger partial charge in [-0.3, -0.25) is 4.79 Å². The number of hydrogen-bond acceptors (Lipinski definition) is 3. The maximum Gasteiger partial charge on any atom is 0.239 e. The van der Waals surface area contributed by atoms with E-state index in [4.69, 9.17) is 16.3 Å². The molecule has 4 nitrogen and oxygen atoms in total. The molecule has 0 atom stereocenters. The first kappa shape index (κ1) is 15.6. The zero-order valence-electron chi connectivity index (χ0n) is 12.8. The van der Waals surface area contributed by atoms with Crippen LogP contribution in [0.25, 0.3) is 0 Å². The van der Waals surface area contributed by atoms with E-state index >= 15 is 0 Å². The van der Waals surface area contributed by atoms with Crippen LogP contribution in [-0.2, 0) is 4.79 Å². The predicted octanol–water partition coefficient (Wildman–Crippen LogP) is 3.26. The van der Waals surface area contributed by atoms with Gasteiger partial charge in [-0.05, 0) is 50.2 Å². The van der Waals surface area contributed by atoms with Gasteiger partial charge in [-0.15, -0.1) is 11.6 Å². The first-order valence-electron chi connectivity index (χ1n) is 8.11. The summed E-state index contributed by atoms with van der Waals surface area (Å²) in [6.45, 7) is 2.51. The van der Waals surface area contributed by atoms with Crippen LogP contribution in [0.15, 0.2) is 24.3 Å². The third-order valence-electron chi connectivity index (χ3n) is 4.54. The summed E-state index contributed by atoms with van der Waals surface area (Å²) in [4.78, 5) is 13.8. The molecule has 1 saturated heterocycles. The molecular formula is C17H23ClN2O2. The van der Waals surface area contributed by atoms with E-state index in [1.54, 1.807) is 0 Å². The number of nitrogens with zero attached hydrogens (tertiary/aromatic N) is 1. The van der Waals surface area contributed by atoms with Crippen molar-refractivity contribution in [3.05, 3.63) is 24.3 Å². The summed E-state index contributed by atoms with van der Waals surface area (Å²) < 4.78 is 5.99. The Hall–Kier alpha value is -1.26. The zero-order chi connectivity index (χ0) is 15.4. The summed E-state index contributed by atoms with van der Waals surface area (Å²) in [5.41, 5.74) is 0.748. The largest absolute Gasteiger partial charge is 0.490 e. The number of rotatable bonds is 5. The van der Waals surface area contributed by atoms with Crippen molar-refractivity contribution < 1.29 is 9.53 Å². The molecule has 1 aliphatic carbocycles. The van der Waals surface area contributed by atoms with E-state index in [-0.39, 0.29) is 11.8 Å². The van der Waals surface area contributed by atoms with E-state index in [2.05, 4.69) is 10.2 Å². The quantitative estimate of drug-likeness (QED) is 0.846. The molecule has 1 amide bonds. The molecule has 0 spiro atoms.